The van der Waals surface area contributed by atoms with Crippen LogP contribution in [0.2, 0.25) is 0 Å². The molecule has 2 heterocycles. The average Bonchev–Trinajstić information content (AvgIpc) is 3.11. The van der Waals surface area contributed by atoms with E-state index in [4.69, 9.17) is 0 Å². The summed E-state index contributed by atoms with van der Waals surface area (Å²) in [6.45, 7) is 9.38. The highest BCUT2D eigenvalue weighted by Crippen LogP contribution is 2.60. The van der Waals surface area contributed by atoms with Crippen LogP contribution >= 0.6 is 0 Å². The average molecular weight is 370 g/mol. The lowest BCUT2D eigenvalue weighted by atomic mass is 9.50. The lowest BCUT2D eigenvalue weighted by molar-refractivity contribution is -0.0882. The minimum Gasteiger partial charge on any atom is -0.307 e. The van der Waals surface area contributed by atoms with Crippen molar-refractivity contribution in [3.8, 4) is 0 Å². The number of tetrazole rings is 1. The number of nitrogens with zero attached hydrogens (tertiary/aromatic N) is 6. The maximum atomic E-state index is 4.65. The van der Waals surface area contributed by atoms with Gasteiger partial charge in [0, 0.05) is 17.3 Å². The highest BCUT2D eigenvalue weighted by atomic mass is 15.6. The molecule has 0 saturated heterocycles. The van der Waals surface area contributed by atoms with E-state index in [1.165, 1.54) is 37.8 Å². The normalized spacial score (nSPS) is 35.7. The summed E-state index contributed by atoms with van der Waals surface area (Å²) in [5.41, 5.74) is 2.61. The molecule has 0 aromatic carbocycles. The standard InChI is InChI=1S/C20H31N7/c1-13-5-15(3)26(23-13)11-14(2)21-19-7-17-6-18(8-19)10-20(9-17,12-19)27-24-16(4)22-25-27/h5,14,17-18,21H,6-12H2,1-4H3. The molecule has 1 N–H and O–H groups in total. The fourth-order valence-electron chi connectivity index (χ4n) is 6.79. The molecule has 7 nitrogen and oxygen atoms in total. The number of aromatic nitrogens is 6. The van der Waals surface area contributed by atoms with Gasteiger partial charge in [-0.05, 0) is 89.3 Å². The molecule has 4 fully saturated rings. The highest BCUT2D eigenvalue weighted by Gasteiger charge is 2.59. The number of hydrogen-bond donors (Lipinski definition) is 1. The lowest BCUT2D eigenvalue weighted by Gasteiger charge is -2.62. The fraction of sp³-hybridized carbons (Fsp3) is 0.800. The van der Waals surface area contributed by atoms with Crippen molar-refractivity contribution in [3.05, 3.63) is 23.3 Å². The number of hydrogen-bond acceptors (Lipinski definition) is 5. The van der Waals surface area contributed by atoms with Crippen molar-refractivity contribution in [2.75, 3.05) is 0 Å². The molecule has 4 saturated carbocycles. The van der Waals surface area contributed by atoms with Crippen LogP contribution in [0.3, 0.4) is 0 Å². The van der Waals surface area contributed by atoms with Crippen molar-refractivity contribution in [2.24, 2.45) is 11.8 Å². The third-order valence-corrected chi connectivity index (χ3v) is 7.07. The summed E-state index contributed by atoms with van der Waals surface area (Å²) in [5.74, 6) is 2.35. The molecule has 27 heavy (non-hydrogen) atoms. The van der Waals surface area contributed by atoms with Gasteiger partial charge in [-0.3, -0.25) is 4.68 Å². The third-order valence-electron chi connectivity index (χ3n) is 7.07. The van der Waals surface area contributed by atoms with Gasteiger partial charge in [-0.2, -0.15) is 9.90 Å². The first-order valence-corrected chi connectivity index (χ1v) is 10.4. The van der Waals surface area contributed by atoms with Gasteiger partial charge >= 0.3 is 0 Å². The van der Waals surface area contributed by atoms with Crippen LogP contribution in [0.25, 0.3) is 0 Å². The summed E-state index contributed by atoms with van der Waals surface area (Å²) in [6, 6.07) is 2.55. The fourth-order valence-corrected chi connectivity index (χ4v) is 6.79. The Morgan fingerprint density at radius 1 is 1.15 bits per heavy atom. The van der Waals surface area contributed by atoms with Crippen LogP contribution in [0.5, 0.6) is 0 Å². The summed E-state index contributed by atoms with van der Waals surface area (Å²) < 4.78 is 2.14. The van der Waals surface area contributed by atoms with E-state index in [-0.39, 0.29) is 11.1 Å². The molecule has 0 radical (unpaired) electrons. The first kappa shape index (κ1) is 17.3. The second-order valence-corrected chi connectivity index (χ2v) is 9.75. The zero-order valence-electron chi connectivity index (χ0n) is 16.9. The minimum absolute atomic E-state index is 0.0657. The van der Waals surface area contributed by atoms with Crippen LogP contribution in [-0.2, 0) is 12.1 Å². The lowest BCUT2D eigenvalue weighted by Crippen LogP contribution is -2.66. The van der Waals surface area contributed by atoms with Gasteiger partial charge in [0.25, 0.3) is 0 Å². The summed E-state index contributed by atoms with van der Waals surface area (Å²) in [4.78, 5) is 1.97. The molecular formula is C20H31N7. The molecule has 0 amide bonds. The molecular weight excluding hydrogens is 338 g/mol. The van der Waals surface area contributed by atoms with Gasteiger partial charge in [0.05, 0.1) is 17.8 Å². The zero-order valence-corrected chi connectivity index (χ0v) is 16.9. The molecule has 0 spiro atoms. The number of aryl methyl sites for hydroxylation is 3. The number of nitrogens with one attached hydrogen (secondary N) is 1. The van der Waals surface area contributed by atoms with Crippen LogP contribution in [0.4, 0.5) is 0 Å². The van der Waals surface area contributed by atoms with Crippen molar-refractivity contribution in [1.29, 1.82) is 0 Å². The van der Waals surface area contributed by atoms with Gasteiger partial charge in [-0.25, -0.2) is 0 Å². The van der Waals surface area contributed by atoms with Crippen LogP contribution in [0.15, 0.2) is 6.07 Å². The Kier molecular flexibility index (Phi) is 3.77. The molecule has 2 aromatic heterocycles. The molecule has 0 aliphatic heterocycles. The van der Waals surface area contributed by atoms with Gasteiger partial charge in [-0.1, -0.05) is 0 Å². The zero-order chi connectivity index (χ0) is 18.8. The minimum atomic E-state index is 0.0657. The Balaban J connectivity index is 1.38. The van der Waals surface area contributed by atoms with E-state index in [0.717, 1.165) is 36.3 Å². The molecule has 6 rings (SSSR count). The second-order valence-electron chi connectivity index (χ2n) is 9.75. The highest BCUT2D eigenvalue weighted by molar-refractivity contribution is 5.14. The SMILES string of the molecule is Cc1cc(C)n(CC(C)NC23CC4CC(C2)CC(n2nnc(C)n2)(C4)C3)n1. The monoisotopic (exact) mass is 369 g/mol. The van der Waals surface area contributed by atoms with Crippen LogP contribution < -0.4 is 5.32 Å². The van der Waals surface area contributed by atoms with Gasteiger partial charge in [0.15, 0.2) is 5.82 Å². The summed E-state index contributed by atoms with van der Waals surface area (Å²) in [7, 11) is 0. The van der Waals surface area contributed by atoms with Gasteiger partial charge in [-0.15, -0.1) is 10.2 Å². The molecule has 4 aliphatic rings. The predicted octanol–water partition coefficient (Wildman–Crippen LogP) is 2.52. The van der Waals surface area contributed by atoms with E-state index in [0.29, 0.717) is 6.04 Å². The Morgan fingerprint density at radius 3 is 2.48 bits per heavy atom. The van der Waals surface area contributed by atoms with Crippen molar-refractivity contribution in [1.82, 2.24) is 35.3 Å². The van der Waals surface area contributed by atoms with E-state index in [2.05, 4.69) is 57.3 Å². The van der Waals surface area contributed by atoms with Gasteiger partial charge in [0.2, 0.25) is 0 Å². The predicted molar refractivity (Wildman–Crippen MR) is 102 cm³/mol. The molecule has 3 atom stereocenters. The van der Waals surface area contributed by atoms with Crippen LogP contribution in [0, 0.1) is 32.6 Å². The molecule has 7 heteroatoms. The molecule has 3 unspecified atom stereocenters. The Labute approximate surface area is 160 Å². The van der Waals surface area contributed by atoms with E-state index >= 15 is 0 Å². The molecule has 146 valence electrons. The maximum Gasteiger partial charge on any atom is 0.171 e. The van der Waals surface area contributed by atoms with E-state index < -0.39 is 0 Å². The van der Waals surface area contributed by atoms with Crippen molar-refractivity contribution >= 4 is 0 Å². The topological polar surface area (TPSA) is 73.5 Å². The Bertz CT molecular complexity index is 836. The number of rotatable bonds is 5. The second kappa shape index (κ2) is 5.87. The van der Waals surface area contributed by atoms with Crippen LogP contribution in [0.1, 0.15) is 62.7 Å². The Hall–Kier alpha value is -1.76. The summed E-state index contributed by atoms with van der Waals surface area (Å²) in [6.07, 6.45) is 7.53. The Morgan fingerprint density at radius 2 is 1.89 bits per heavy atom. The van der Waals surface area contributed by atoms with E-state index in [1.54, 1.807) is 0 Å². The first-order valence-electron chi connectivity index (χ1n) is 10.4. The maximum absolute atomic E-state index is 4.65. The largest absolute Gasteiger partial charge is 0.307 e. The van der Waals surface area contributed by atoms with Crippen molar-refractivity contribution in [2.45, 2.75) is 89.9 Å². The van der Waals surface area contributed by atoms with Gasteiger partial charge < -0.3 is 5.32 Å². The summed E-state index contributed by atoms with van der Waals surface area (Å²) in [5, 5.41) is 22.0. The van der Waals surface area contributed by atoms with E-state index in [1.807, 2.05) is 11.7 Å². The smallest absolute Gasteiger partial charge is 0.171 e. The van der Waals surface area contributed by atoms with Crippen molar-refractivity contribution < 1.29 is 0 Å². The molecule has 4 aliphatic carbocycles. The van der Waals surface area contributed by atoms with E-state index in [9.17, 15) is 0 Å². The molecule has 4 bridgehead atoms. The van der Waals surface area contributed by atoms with Crippen molar-refractivity contribution in [3.63, 3.8) is 0 Å². The van der Waals surface area contributed by atoms with Gasteiger partial charge in [0.1, 0.15) is 0 Å². The quantitative estimate of drug-likeness (QED) is 0.877. The summed E-state index contributed by atoms with van der Waals surface area (Å²) >= 11 is 0. The first-order chi connectivity index (χ1) is 12.8. The van der Waals surface area contributed by atoms with Crippen LogP contribution in [-0.4, -0.2) is 41.6 Å². The molecule has 2 aromatic rings. The third kappa shape index (κ3) is 2.91.